The topological polar surface area (TPSA) is 63.6 Å². The quantitative estimate of drug-likeness (QED) is 0.438. The van der Waals surface area contributed by atoms with E-state index >= 15 is 0 Å². The molecule has 0 saturated heterocycles. The molecular weight excluding hydrogens is 216 g/mol. The van der Waals surface area contributed by atoms with Crippen LogP contribution in [-0.2, 0) is 14.3 Å². The molecule has 0 saturated carbocycles. The maximum atomic E-state index is 10.9. The molecule has 0 radical (unpaired) electrons. The van der Waals surface area contributed by atoms with Crippen molar-refractivity contribution in [2.24, 2.45) is 0 Å². The number of carbonyl (C=O) groups excluding carboxylic acids is 1. The molecule has 0 rings (SSSR count). The Morgan fingerprint density at radius 1 is 1.64 bits per heavy atom. The summed E-state index contributed by atoms with van der Waals surface area (Å²) in [6, 6.07) is 0. The Kier molecular flexibility index (Phi) is 3.51. The third kappa shape index (κ3) is 2.49. The normalized spacial score (nSPS) is 15.2. The predicted molar refractivity (Wildman–Crippen MR) is 41.6 cm³/mol. The molecule has 0 aliphatic heterocycles. The zero-order valence-corrected chi connectivity index (χ0v) is 7.84. The highest BCUT2D eigenvalue weighted by atomic mass is 79.9. The molecule has 64 valence electrons. The minimum absolute atomic E-state index is 0.174. The number of carbonyl (C=O) groups is 2. The lowest BCUT2D eigenvalue weighted by molar-refractivity contribution is -0.154. The molecule has 0 spiro atoms. The fraction of sp³-hybridized carbons (Fsp3) is 0.667. The number of aliphatic carboxylic acids is 1. The molecule has 5 heteroatoms. The van der Waals surface area contributed by atoms with E-state index in [1.165, 1.54) is 6.92 Å². The van der Waals surface area contributed by atoms with Crippen LogP contribution >= 0.6 is 15.9 Å². The van der Waals surface area contributed by atoms with Crippen molar-refractivity contribution in [3.05, 3.63) is 0 Å². The van der Waals surface area contributed by atoms with E-state index < -0.39 is 16.3 Å². The molecule has 0 aliphatic rings. The summed E-state index contributed by atoms with van der Waals surface area (Å²) in [5, 5.41) is 8.49. The van der Waals surface area contributed by atoms with Crippen LogP contribution in [0.25, 0.3) is 0 Å². The third-order valence-corrected chi connectivity index (χ3v) is 1.72. The van der Waals surface area contributed by atoms with E-state index in [0.717, 1.165) is 0 Å². The standard InChI is InChI=1S/C6H9BrO4/c1-3-11-5(10)6(2,7)4(8)9/h3H2,1-2H3,(H,8,9). The second-order valence-corrected chi connectivity index (χ2v) is 3.61. The van der Waals surface area contributed by atoms with E-state index in [-0.39, 0.29) is 6.61 Å². The maximum Gasteiger partial charge on any atom is 0.334 e. The first-order chi connectivity index (χ1) is 4.92. The van der Waals surface area contributed by atoms with Crippen LogP contribution in [0.4, 0.5) is 0 Å². The molecule has 0 bridgehead atoms. The third-order valence-electron chi connectivity index (χ3n) is 1.06. The van der Waals surface area contributed by atoms with Gasteiger partial charge in [-0.05, 0) is 13.8 Å². The van der Waals surface area contributed by atoms with E-state index in [1.807, 2.05) is 0 Å². The Balaban J connectivity index is 4.30. The van der Waals surface area contributed by atoms with Gasteiger partial charge in [0, 0.05) is 0 Å². The van der Waals surface area contributed by atoms with Gasteiger partial charge in [-0.2, -0.15) is 0 Å². The summed E-state index contributed by atoms with van der Waals surface area (Å²) in [5.41, 5.74) is 0. The van der Waals surface area contributed by atoms with Gasteiger partial charge in [0.1, 0.15) is 0 Å². The molecule has 0 aromatic carbocycles. The monoisotopic (exact) mass is 224 g/mol. The average Bonchev–Trinajstić information content (AvgIpc) is 1.88. The highest BCUT2D eigenvalue weighted by Gasteiger charge is 2.39. The largest absolute Gasteiger partial charge is 0.480 e. The number of hydrogen-bond acceptors (Lipinski definition) is 3. The second-order valence-electron chi connectivity index (χ2n) is 2.03. The van der Waals surface area contributed by atoms with E-state index in [4.69, 9.17) is 5.11 Å². The zero-order valence-electron chi connectivity index (χ0n) is 6.26. The lowest BCUT2D eigenvalue weighted by atomic mass is 10.2. The van der Waals surface area contributed by atoms with E-state index in [1.54, 1.807) is 6.92 Å². The fourth-order valence-electron chi connectivity index (χ4n) is 0.354. The number of ether oxygens (including phenoxy) is 1. The lowest BCUT2D eigenvalue weighted by Crippen LogP contribution is -2.38. The number of halogens is 1. The molecule has 1 N–H and O–H groups in total. The van der Waals surface area contributed by atoms with Gasteiger partial charge in [0.05, 0.1) is 6.61 Å². The van der Waals surface area contributed by atoms with Gasteiger partial charge in [-0.25, -0.2) is 4.79 Å². The lowest BCUT2D eigenvalue weighted by Gasteiger charge is -2.14. The maximum absolute atomic E-state index is 10.9. The second kappa shape index (κ2) is 3.71. The molecular formula is C6H9BrO4. The summed E-state index contributed by atoms with van der Waals surface area (Å²) in [4.78, 5) is 21.2. The van der Waals surface area contributed by atoms with Crippen LogP contribution in [0, 0.1) is 0 Å². The Hall–Kier alpha value is -0.580. The number of carboxylic acid groups (broad SMARTS) is 1. The van der Waals surface area contributed by atoms with E-state index in [9.17, 15) is 9.59 Å². The van der Waals surface area contributed by atoms with Crippen molar-refractivity contribution < 1.29 is 19.4 Å². The van der Waals surface area contributed by atoms with Crippen LogP contribution < -0.4 is 0 Å². The number of carboxylic acids is 1. The van der Waals surface area contributed by atoms with Crippen molar-refractivity contribution in [2.45, 2.75) is 18.2 Å². The Morgan fingerprint density at radius 3 is 2.36 bits per heavy atom. The molecule has 11 heavy (non-hydrogen) atoms. The number of esters is 1. The van der Waals surface area contributed by atoms with Gasteiger partial charge >= 0.3 is 11.9 Å². The Bertz CT molecular complexity index is 175. The van der Waals surface area contributed by atoms with Crippen molar-refractivity contribution in [1.29, 1.82) is 0 Å². The van der Waals surface area contributed by atoms with Gasteiger partial charge in [-0.15, -0.1) is 0 Å². The molecule has 0 aliphatic carbocycles. The molecule has 0 amide bonds. The predicted octanol–water partition coefficient (Wildman–Crippen LogP) is 0.788. The first kappa shape index (κ1) is 10.4. The van der Waals surface area contributed by atoms with Gasteiger partial charge < -0.3 is 9.84 Å². The summed E-state index contributed by atoms with van der Waals surface area (Å²) in [7, 11) is 0. The van der Waals surface area contributed by atoms with Gasteiger partial charge in [-0.3, -0.25) is 4.79 Å². The highest BCUT2D eigenvalue weighted by Crippen LogP contribution is 2.18. The highest BCUT2D eigenvalue weighted by molar-refractivity contribution is 9.10. The summed E-state index contributed by atoms with van der Waals surface area (Å²) in [6.45, 7) is 3.02. The fourth-order valence-corrected chi connectivity index (χ4v) is 0.468. The van der Waals surface area contributed by atoms with E-state index in [2.05, 4.69) is 20.7 Å². The Labute approximate surface area is 72.7 Å². The molecule has 0 aromatic heterocycles. The molecule has 1 atom stereocenters. The van der Waals surface area contributed by atoms with Crippen LogP contribution in [0.15, 0.2) is 0 Å². The number of hydrogen-bond donors (Lipinski definition) is 1. The first-order valence-electron chi connectivity index (χ1n) is 3.02. The summed E-state index contributed by atoms with van der Waals surface area (Å²) in [6.07, 6.45) is 0. The van der Waals surface area contributed by atoms with Crippen molar-refractivity contribution in [2.75, 3.05) is 6.61 Å². The van der Waals surface area contributed by atoms with Gasteiger partial charge in [0.25, 0.3) is 0 Å². The zero-order chi connectivity index (χ0) is 9.07. The van der Waals surface area contributed by atoms with Gasteiger partial charge in [0.15, 0.2) is 0 Å². The molecule has 4 nitrogen and oxygen atoms in total. The Morgan fingerprint density at radius 2 is 2.09 bits per heavy atom. The van der Waals surface area contributed by atoms with Crippen LogP contribution in [0.3, 0.4) is 0 Å². The van der Waals surface area contributed by atoms with Gasteiger partial charge in [-0.1, -0.05) is 15.9 Å². The minimum Gasteiger partial charge on any atom is -0.480 e. The van der Waals surface area contributed by atoms with Crippen LogP contribution in [0.5, 0.6) is 0 Å². The van der Waals surface area contributed by atoms with Crippen molar-refractivity contribution in [1.82, 2.24) is 0 Å². The van der Waals surface area contributed by atoms with Crippen LogP contribution in [-0.4, -0.2) is 28.0 Å². The average molecular weight is 225 g/mol. The first-order valence-corrected chi connectivity index (χ1v) is 3.81. The molecule has 0 heterocycles. The molecule has 0 aromatic rings. The number of rotatable bonds is 3. The van der Waals surface area contributed by atoms with Gasteiger partial charge in [0.2, 0.25) is 4.32 Å². The smallest absolute Gasteiger partial charge is 0.334 e. The molecule has 0 fully saturated rings. The van der Waals surface area contributed by atoms with Crippen molar-refractivity contribution >= 4 is 27.9 Å². The summed E-state index contributed by atoms with van der Waals surface area (Å²) >= 11 is 2.74. The number of alkyl halides is 1. The van der Waals surface area contributed by atoms with Crippen molar-refractivity contribution in [3.8, 4) is 0 Å². The SMILES string of the molecule is CCOC(=O)C(C)(Br)C(=O)O. The van der Waals surface area contributed by atoms with Crippen molar-refractivity contribution in [3.63, 3.8) is 0 Å². The van der Waals surface area contributed by atoms with E-state index in [0.29, 0.717) is 0 Å². The minimum atomic E-state index is -1.62. The summed E-state index contributed by atoms with van der Waals surface area (Å²) in [5.74, 6) is -2.04. The van der Waals surface area contributed by atoms with Crippen LogP contribution in [0.2, 0.25) is 0 Å². The van der Waals surface area contributed by atoms with Crippen LogP contribution in [0.1, 0.15) is 13.8 Å². The molecule has 1 unspecified atom stereocenters. The summed E-state index contributed by atoms with van der Waals surface area (Å²) < 4.78 is 2.88.